The van der Waals surface area contributed by atoms with Crippen LogP contribution in [0.1, 0.15) is 47.5 Å². The molecule has 0 fully saturated rings. The van der Waals surface area contributed by atoms with Crippen molar-refractivity contribution in [2.24, 2.45) is 17.3 Å². The van der Waals surface area contributed by atoms with Crippen LogP contribution in [0.25, 0.3) is 0 Å². The van der Waals surface area contributed by atoms with Crippen LogP contribution in [0.2, 0.25) is 0 Å². The standard InChI is InChI=1S/C11H21F3/c1-8(2)9(3)6-7-10(4,5)11(12,13)14/h8-9H,6-7H2,1-5H3/t9-/m0/s1. The normalized spacial score (nSPS) is 16.1. The van der Waals surface area contributed by atoms with Gasteiger partial charge in [0.25, 0.3) is 0 Å². The van der Waals surface area contributed by atoms with E-state index in [1.165, 1.54) is 13.8 Å². The van der Waals surface area contributed by atoms with Crippen molar-refractivity contribution in [2.45, 2.75) is 53.6 Å². The lowest BCUT2D eigenvalue weighted by Gasteiger charge is -2.29. The lowest BCUT2D eigenvalue weighted by atomic mass is 9.82. The summed E-state index contributed by atoms with van der Waals surface area (Å²) in [6.07, 6.45) is -3.22. The Hall–Kier alpha value is -0.210. The number of rotatable bonds is 4. The quantitative estimate of drug-likeness (QED) is 0.633. The molecule has 0 amide bonds. The predicted molar refractivity (Wildman–Crippen MR) is 53.1 cm³/mol. The summed E-state index contributed by atoms with van der Waals surface area (Å²) in [7, 11) is 0. The van der Waals surface area contributed by atoms with Gasteiger partial charge < -0.3 is 0 Å². The molecule has 0 aliphatic carbocycles. The molecular weight excluding hydrogens is 189 g/mol. The van der Waals surface area contributed by atoms with E-state index < -0.39 is 11.6 Å². The molecule has 0 saturated carbocycles. The Labute approximate surface area is 84.9 Å². The molecule has 0 aromatic rings. The number of alkyl halides is 3. The highest BCUT2D eigenvalue weighted by Crippen LogP contribution is 2.42. The summed E-state index contributed by atoms with van der Waals surface area (Å²) in [4.78, 5) is 0. The van der Waals surface area contributed by atoms with Gasteiger partial charge in [-0.25, -0.2) is 0 Å². The van der Waals surface area contributed by atoms with Crippen molar-refractivity contribution in [3.05, 3.63) is 0 Å². The van der Waals surface area contributed by atoms with Gasteiger partial charge in [0, 0.05) is 0 Å². The summed E-state index contributed by atoms with van der Waals surface area (Å²) >= 11 is 0. The highest BCUT2D eigenvalue weighted by atomic mass is 19.4. The first kappa shape index (κ1) is 13.8. The van der Waals surface area contributed by atoms with Gasteiger partial charge in [-0.2, -0.15) is 13.2 Å². The highest BCUT2D eigenvalue weighted by Gasteiger charge is 2.46. The lowest BCUT2D eigenvalue weighted by molar-refractivity contribution is -0.214. The summed E-state index contributed by atoms with van der Waals surface area (Å²) in [6, 6.07) is 0. The second-order valence-corrected chi connectivity index (χ2v) is 5.14. The molecule has 0 bridgehead atoms. The van der Waals surface area contributed by atoms with Gasteiger partial charge in [0.2, 0.25) is 0 Å². The van der Waals surface area contributed by atoms with E-state index in [-0.39, 0.29) is 6.42 Å². The SMILES string of the molecule is CC(C)[C@@H](C)CCC(C)(C)C(F)(F)F. The van der Waals surface area contributed by atoms with Crippen LogP contribution in [0.3, 0.4) is 0 Å². The second-order valence-electron chi connectivity index (χ2n) is 5.14. The molecule has 0 radical (unpaired) electrons. The molecule has 0 unspecified atom stereocenters. The first-order valence-corrected chi connectivity index (χ1v) is 5.14. The van der Waals surface area contributed by atoms with Gasteiger partial charge in [0.05, 0.1) is 5.41 Å². The van der Waals surface area contributed by atoms with Gasteiger partial charge in [0.1, 0.15) is 0 Å². The number of hydrogen-bond donors (Lipinski definition) is 0. The summed E-state index contributed by atoms with van der Waals surface area (Å²) in [5, 5.41) is 0. The molecule has 0 aliphatic rings. The summed E-state index contributed by atoms with van der Waals surface area (Å²) in [5.74, 6) is 0.815. The van der Waals surface area contributed by atoms with Crippen LogP contribution in [0.4, 0.5) is 13.2 Å². The molecule has 0 aromatic carbocycles. The Morgan fingerprint density at radius 2 is 1.43 bits per heavy atom. The number of halogens is 3. The lowest BCUT2D eigenvalue weighted by Crippen LogP contribution is -2.32. The highest BCUT2D eigenvalue weighted by molar-refractivity contribution is 4.78. The Morgan fingerprint density at radius 1 is 1.00 bits per heavy atom. The van der Waals surface area contributed by atoms with Crippen LogP contribution >= 0.6 is 0 Å². The van der Waals surface area contributed by atoms with Crippen LogP contribution in [0.5, 0.6) is 0 Å². The Balaban J connectivity index is 4.13. The van der Waals surface area contributed by atoms with Crippen LogP contribution in [0, 0.1) is 17.3 Å². The third kappa shape index (κ3) is 3.89. The van der Waals surface area contributed by atoms with Gasteiger partial charge >= 0.3 is 6.18 Å². The molecule has 0 heterocycles. The molecule has 0 spiro atoms. The fraction of sp³-hybridized carbons (Fsp3) is 1.00. The smallest absolute Gasteiger partial charge is 0.171 e. The molecule has 0 nitrogen and oxygen atoms in total. The van der Waals surface area contributed by atoms with Crippen molar-refractivity contribution in [3.63, 3.8) is 0 Å². The van der Waals surface area contributed by atoms with Gasteiger partial charge in [-0.1, -0.05) is 34.6 Å². The van der Waals surface area contributed by atoms with E-state index in [1.807, 2.05) is 20.8 Å². The van der Waals surface area contributed by atoms with Crippen molar-refractivity contribution in [1.29, 1.82) is 0 Å². The Kier molecular flexibility index (Phi) is 4.47. The van der Waals surface area contributed by atoms with Gasteiger partial charge in [0.15, 0.2) is 0 Å². The van der Waals surface area contributed by atoms with E-state index in [0.29, 0.717) is 18.3 Å². The summed E-state index contributed by atoms with van der Waals surface area (Å²) in [5.41, 5.74) is -1.55. The van der Waals surface area contributed by atoms with Crippen LogP contribution in [-0.2, 0) is 0 Å². The third-order valence-corrected chi connectivity index (χ3v) is 3.13. The predicted octanol–water partition coefficient (Wildman–Crippen LogP) is 4.65. The monoisotopic (exact) mass is 210 g/mol. The van der Waals surface area contributed by atoms with Gasteiger partial charge in [-0.3, -0.25) is 0 Å². The third-order valence-electron chi connectivity index (χ3n) is 3.13. The molecule has 0 saturated heterocycles. The minimum Gasteiger partial charge on any atom is -0.171 e. The molecule has 14 heavy (non-hydrogen) atoms. The Morgan fingerprint density at radius 3 is 1.71 bits per heavy atom. The summed E-state index contributed by atoms with van der Waals surface area (Å²) in [6.45, 7) is 8.66. The van der Waals surface area contributed by atoms with E-state index in [1.54, 1.807) is 0 Å². The largest absolute Gasteiger partial charge is 0.393 e. The van der Waals surface area contributed by atoms with E-state index in [4.69, 9.17) is 0 Å². The van der Waals surface area contributed by atoms with Crippen molar-refractivity contribution >= 4 is 0 Å². The van der Waals surface area contributed by atoms with E-state index in [2.05, 4.69) is 0 Å². The topological polar surface area (TPSA) is 0 Å². The number of hydrogen-bond acceptors (Lipinski definition) is 0. The molecule has 0 rings (SSSR count). The maximum Gasteiger partial charge on any atom is 0.393 e. The van der Waals surface area contributed by atoms with Gasteiger partial charge in [-0.15, -0.1) is 0 Å². The maximum atomic E-state index is 12.5. The van der Waals surface area contributed by atoms with E-state index >= 15 is 0 Å². The summed E-state index contributed by atoms with van der Waals surface area (Å²) < 4.78 is 37.5. The fourth-order valence-electron chi connectivity index (χ4n) is 1.06. The molecule has 0 aromatic heterocycles. The van der Waals surface area contributed by atoms with Crippen molar-refractivity contribution < 1.29 is 13.2 Å². The van der Waals surface area contributed by atoms with Crippen molar-refractivity contribution in [1.82, 2.24) is 0 Å². The zero-order valence-electron chi connectivity index (χ0n) is 9.70. The van der Waals surface area contributed by atoms with Crippen LogP contribution in [0.15, 0.2) is 0 Å². The molecule has 0 N–H and O–H groups in total. The first-order chi connectivity index (χ1) is 6.08. The fourth-order valence-corrected chi connectivity index (χ4v) is 1.06. The molecular formula is C11H21F3. The maximum absolute atomic E-state index is 12.5. The molecule has 3 heteroatoms. The zero-order chi connectivity index (χ0) is 11.6. The van der Waals surface area contributed by atoms with E-state index in [0.717, 1.165) is 0 Å². The first-order valence-electron chi connectivity index (χ1n) is 5.14. The molecule has 1 atom stereocenters. The minimum absolute atomic E-state index is 0.218. The van der Waals surface area contributed by atoms with Crippen LogP contribution < -0.4 is 0 Å². The average Bonchev–Trinajstić information content (AvgIpc) is 1.97. The van der Waals surface area contributed by atoms with Gasteiger partial charge in [-0.05, 0) is 24.7 Å². The van der Waals surface area contributed by atoms with Crippen LogP contribution in [-0.4, -0.2) is 6.18 Å². The molecule has 86 valence electrons. The van der Waals surface area contributed by atoms with Crippen molar-refractivity contribution in [3.8, 4) is 0 Å². The zero-order valence-corrected chi connectivity index (χ0v) is 9.70. The van der Waals surface area contributed by atoms with Crippen molar-refractivity contribution in [2.75, 3.05) is 0 Å². The minimum atomic E-state index is -4.08. The Bertz CT molecular complexity index is 168. The van der Waals surface area contributed by atoms with E-state index in [9.17, 15) is 13.2 Å². The average molecular weight is 210 g/mol. The molecule has 0 aliphatic heterocycles. The second kappa shape index (κ2) is 4.54.